The minimum atomic E-state index is -0.751. The first kappa shape index (κ1) is 29.3. The second-order valence-electron chi connectivity index (χ2n) is 8.92. The Hall–Kier alpha value is -2.70. The zero-order chi connectivity index (χ0) is 28.3. The molecular weight excluding hydrogens is 695 g/mol. The number of hydrogen-bond acceptors (Lipinski definition) is 7. The molecule has 0 radical (unpaired) electrons. The number of carbonyl (C=O) groups is 1. The van der Waals surface area contributed by atoms with Crippen LogP contribution in [0.2, 0.25) is 0 Å². The van der Waals surface area contributed by atoms with Crippen LogP contribution in [-0.2, 0) is 9.53 Å². The highest BCUT2D eigenvalue weighted by molar-refractivity contribution is 14.1. The van der Waals surface area contributed by atoms with Crippen molar-refractivity contribution >= 4 is 61.9 Å². The first-order valence-electron chi connectivity index (χ1n) is 12.3. The molecule has 0 N–H and O–H groups in total. The zero-order valence-electron chi connectivity index (χ0n) is 22.0. The lowest BCUT2D eigenvalue weighted by Gasteiger charge is -2.26. The van der Waals surface area contributed by atoms with E-state index in [1.807, 2.05) is 56.3 Å². The predicted molar refractivity (Wildman–Crippen MR) is 165 cm³/mol. The van der Waals surface area contributed by atoms with Gasteiger partial charge in [-0.3, -0.25) is 9.36 Å². The van der Waals surface area contributed by atoms with Crippen LogP contribution in [0, 0.1) is 3.57 Å². The van der Waals surface area contributed by atoms with Crippen molar-refractivity contribution in [2.24, 2.45) is 4.99 Å². The molecule has 0 amide bonds. The second kappa shape index (κ2) is 12.6. The maximum Gasteiger partial charge on any atom is 0.338 e. The third-order valence-electron chi connectivity index (χ3n) is 5.76. The lowest BCUT2D eigenvalue weighted by atomic mass is 9.95. The van der Waals surface area contributed by atoms with E-state index >= 15 is 0 Å². The molecule has 0 fully saturated rings. The first-order chi connectivity index (χ1) is 18.7. The monoisotopic (exact) mass is 722 g/mol. The smallest absolute Gasteiger partial charge is 0.338 e. The van der Waals surface area contributed by atoms with E-state index in [-0.39, 0.29) is 18.3 Å². The van der Waals surface area contributed by atoms with Crippen LogP contribution < -0.4 is 24.4 Å². The molecular formula is C29H28BrIN2O5S. The van der Waals surface area contributed by atoms with E-state index in [0.717, 1.165) is 13.6 Å². The number of fused-ring (bicyclic) bond motifs is 1. The number of aromatic nitrogens is 1. The Morgan fingerprint density at radius 1 is 1.31 bits per heavy atom. The fourth-order valence-corrected chi connectivity index (χ4v) is 7.06. The summed E-state index contributed by atoms with van der Waals surface area (Å²) in [7, 11) is 0. The molecule has 204 valence electrons. The third kappa shape index (κ3) is 6.22. The summed E-state index contributed by atoms with van der Waals surface area (Å²) in [5, 5.41) is 0. The fraction of sp³-hybridized carbons (Fsp3) is 0.276. The SMILES string of the molecule is C=CCOc1c(Br)cc(/C=c2/sc3n(c2=O)[C@@H](c2ccccc2OC(C)C)C(C(=O)OCC)=C(C)N=3)cc1I. The number of carbonyl (C=O) groups excluding carboxylic acids is 1. The maximum absolute atomic E-state index is 14.0. The van der Waals surface area contributed by atoms with Crippen molar-refractivity contribution in [3.8, 4) is 11.5 Å². The summed E-state index contributed by atoms with van der Waals surface area (Å²) >= 11 is 7.05. The number of rotatable bonds is 9. The van der Waals surface area contributed by atoms with Crippen molar-refractivity contribution in [2.75, 3.05) is 13.2 Å². The van der Waals surface area contributed by atoms with Crippen molar-refractivity contribution in [2.45, 2.75) is 39.8 Å². The van der Waals surface area contributed by atoms with Gasteiger partial charge >= 0.3 is 5.97 Å². The summed E-state index contributed by atoms with van der Waals surface area (Å²) in [6.45, 7) is 11.7. The number of esters is 1. The number of allylic oxidation sites excluding steroid dienone is 1. The Bertz CT molecular complexity index is 1620. The number of nitrogens with zero attached hydrogens (tertiary/aromatic N) is 2. The molecule has 39 heavy (non-hydrogen) atoms. The van der Waals surface area contributed by atoms with E-state index in [4.69, 9.17) is 14.2 Å². The van der Waals surface area contributed by atoms with Gasteiger partial charge in [-0.2, -0.15) is 0 Å². The Morgan fingerprint density at radius 3 is 2.72 bits per heavy atom. The van der Waals surface area contributed by atoms with Gasteiger partial charge < -0.3 is 14.2 Å². The predicted octanol–water partition coefficient (Wildman–Crippen LogP) is 5.52. The van der Waals surface area contributed by atoms with Crippen LogP contribution in [0.1, 0.15) is 44.9 Å². The summed E-state index contributed by atoms with van der Waals surface area (Å²) in [6, 6.07) is 10.5. The second-order valence-corrected chi connectivity index (χ2v) is 11.9. The highest BCUT2D eigenvalue weighted by atomic mass is 127. The Kier molecular flexibility index (Phi) is 9.50. The number of thiazole rings is 1. The van der Waals surface area contributed by atoms with Crippen molar-refractivity contribution < 1.29 is 19.0 Å². The third-order valence-corrected chi connectivity index (χ3v) is 8.13. The van der Waals surface area contributed by atoms with Crippen molar-refractivity contribution in [3.63, 3.8) is 0 Å². The van der Waals surface area contributed by atoms with Gasteiger partial charge in [-0.05, 0) is 96.1 Å². The van der Waals surface area contributed by atoms with E-state index < -0.39 is 12.0 Å². The quantitative estimate of drug-likeness (QED) is 0.165. The van der Waals surface area contributed by atoms with Gasteiger partial charge in [0, 0.05) is 5.56 Å². The molecule has 3 aromatic rings. The van der Waals surface area contributed by atoms with Gasteiger partial charge in [-0.25, -0.2) is 9.79 Å². The van der Waals surface area contributed by atoms with Crippen LogP contribution in [0.4, 0.5) is 0 Å². The fourth-order valence-electron chi connectivity index (χ4n) is 4.25. The number of benzene rings is 2. The highest BCUT2D eigenvalue weighted by Crippen LogP contribution is 2.36. The van der Waals surface area contributed by atoms with E-state index in [1.54, 1.807) is 24.5 Å². The normalized spacial score (nSPS) is 15.2. The average molecular weight is 723 g/mol. The van der Waals surface area contributed by atoms with Crippen molar-refractivity contribution in [1.82, 2.24) is 4.57 Å². The Labute approximate surface area is 252 Å². The van der Waals surface area contributed by atoms with Crippen LogP contribution in [0.15, 0.2) is 74.6 Å². The van der Waals surface area contributed by atoms with E-state index in [1.165, 1.54) is 11.3 Å². The van der Waals surface area contributed by atoms with Gasteiger partial charge in [0.2, 0.25) is 0 Å². The molecule has 0 bridgehead atoms. The molecule has 1 atom stereocenters. The molecule has 7 nitrogen and oxygen atoms in total. The lowest BCUT2D eigenvalue weighted by Crippen LogP contribution is -2.40. The summed E-state index contributed by atoms with van der Waals surface area (Å²) < 4.78 is 21.0. The summed E-state index contributed by atoms with van der Waals surface area (Å²) in [5.74, 6) is 0.800. The standard InChI is InChI=1S/C29H28BrIN2O5S/c1-6-12-37-26-20(30)13-18(14-21(26)31)15-23-27(34)33-25(19-10-8-9-11-22(19)38-16(3)4)24(28(35)36-7-2)17(5)32-29(33)39-23/h6,8-11,13-16,25H,1,7,12H2,2-5H3/b23-15+/t25-/m0/s1. The minimum absolute atomic E-state index is 0.0996. The van der Waals surface area contributed by atoms with Crippen LogP contribution in [0.25, 0.3) is 6.08 Å². The van der Waals surface area contributed by atoms with Gasteiger partial charge in [-0.1, -0.05) is 42.2 Å². The van der Waals surface area contributed by atoms with Crippen LogP contribution in [-0.4, -0.2) is 29.9 Å². The summed E-state index contributed by atoms with van der Waals surface area (Å²) in [5.41, 5.74) is 2.08. The molecule has 1 aliphatic heterocycles. The molecule has 0 spiro atoms. The molecule has 0 unspecified atom stereocenters. The molecule has 4 rings (SSSR count). The number of hydrogen-bond donors (Lipinski definition) is 0. The largest absolute Gasteiger partial charge is 0.491 e. The number of para-hydroxylation sites is 1. The van der Waals surface area contributed by atoms with E-state index in [0.29, 0.717) is 44.3 Å². The van der Waals surface area contributed by atoms with Gasteiger partial charge in [0.25, 0.3) is 5.56 Å². The maximum atomic E-state index is 14.0. The van der Waals surface area contributed by atoms with Gasteiger partial charge in [0.15, 0.2) is 4.80 Å². The zero-order valence-corrected chi connectivity index (χ0v) is 26.6. The average Bonchev–Trinajstić information content (AvgIpc) is 3.17. The van der Waals surface area contributed by atoms with Crippen LogP contribution in [0.3, 0.4) is 0 Å². The molecule has 1 aliphatic rings. The Morgan fingerprint density at radius 2 is 2.05 bits per heavy atom. The minimum Gasteiger partial charge on any atom is -0.491 e. The molecule has 2 heterocycles. The van der Waals surface area contributed by atoms with Crippen LogP contribution >= 0.6 is 49.9 Å². The highest BCUT2D eigenvalue weighted by Gasteiger charge is 2.35. The van der Waals surface area contributed by atoms with E-state index in [9.17, 15) is 9.59 Å². The summed E-state index contributed by atoms with van der Waals surface area (Å²) in [6.07, 6.45) is 3.41. The lowest BCUT2D eigenvalue weighted by molar-refractivity contribution is -0.139. The van der Waals surface area contributed by atoms with Gasteiger partial charge in [0.1, 0.15) is 24.1 Å². The molecule has 0 aliphatic carbocycles. The molecule has 10 heteroatoms. The van der Waals surface area contributed by atoms with Gasteiger partial charge in [0.05, 0.1) is 36.6 Å². The van der Waals surface area contributed by atoms with Crippen LogP contribution in [0.5, 0.6) is 11.5 Å². The topological polar surface area (TPSA) is 79.1 Å². The Balaban J connectivity index is 1.93. The van der Waals surface area contributed by atoms with Crippen molar-refractivity contribution in [3.05, 3.63) is 99.2 Å². The molecule has 1 aromatic heterocycles. The first-order valence-corrected chi connectivity index (χ1v) is 15.0. The van der Waals surface area contributed by atoms with Gasteiger partial charge in [-0.15, -0.1) is 0 Å². The molecule has 0 saturated carbocycles. The summed E-state index contributed by atoms with van der Waals surface area (Å²) in [4.78, 5) is 32.3. The number of ether oxygens (including phenoxy) is 3. The van der Waals surface area contributed by atoms with Crippen molar-refractivity contribution in [1.29, 1.82) is 0 Å². The molecule has 2 aromatic carbocycles. The number of halogens is 2. The van der Waals surface area contributed by atoms with E-state index in [2.05, 4.69) is 50.1 Å². The molecule has 0 saturated heterocycles.